The minimum atomic E-state index is -0.263. The summed E-state index contributed by atoms with van der Waals surface area (Å²) in [5, 5.41) is 11.4. The molecule has 0 spiro atoms. The molecule has 0 fully saturated rings. The third kappa shape index (κ3) is 5.03. The highest BCUT2D eigenvalue weighted by Crippen LogP contribution is 2.34. The van der Waals surface area contributed by atoms with E-state index in [9.17, 15) is 9.18 Å². The van der Waals surface area contributed by atoms with Gasteiger partial charge in [0, 0.05) is 33.3 Å². The fourth-order valence-electron chi connectivity index (χ4n) is 4.61. The molecule has 3 N–H and O–H groups in total. The number of aromatic amines is 2. The van der Waals surface area contributed by atoms with Crippen LogP contribution in [0.1, 0.15) is 18.1 Å². The minimum Gasteiger partial charge on any atom is -0.346 e. The van der Waals surface area contributed by atoms with Crippen LogP contribution < -0.4 is 5.32 Å². The van der Waals surface area contributed by atoms with Gasteiger partial charge in [-0.15, -0.1) is 11.3 Å². The largest absolute Gasteiger partial charge is 0.346 e. The van der Waals surface area contributed by atoms with E-state index in [0.717, 1.165) is 54.9 Å². The second-order valence-corrected chi connectivity index (χ2v) is 10.2. The molecule has 2 aromatic carbocycles. The van der Waals surface area contributed by atoms with Gasteiger partial charge in [0.05, 0.1) is 17.2 Å². The van der Waals surface area contributed by atoms with E-state index in [-0.39, 0.29) is 5.13 Å². The van der Waals surface area contributed by atoms with Crippen molar-refractivity contribution in [2.45, 2.75) is 6.92 Å². The van der Waals surface area contributed by atoms with Gasteiger partial charge < -0.3 is 10.3 Å². The molecule has 6 rings (SSSR count). The second-order valence-electron chi connectivity index (χ2n) is 9.12. The van der Waals surface area contributed by atoms with Crippen LogP contribution in [-0.4, -0.2) is 31.1 Å². The Labute approximate surface area is 238 Å². The van der Waals surface area contributed by atoms with Crippen LogP contribution in [-0.2, 0) is 4.79 Å². The van der Waals surface area contributed by atoms with Crippen molar-refractivity contribution >= 4 is 50.5 Å². The van der Waals surface area contributed by atoms with Gasteiger partial charge in [-0.25, -0.2) is 9.78 Å². The summed E-state index contributed by atoms with van der Waals surface area (Å²) < 4.78 is 13.7. The molecule has 0 unspecified atom stereocenters. The maximum Gasteiger partial charge on any atom is 0.176 e. The van der Waals surface area contributed by atoms with Crippen LogP contribution in [0.25, 0.3) is 55.2 Å². The first-order chi connectivity index (χ1) is 20.1. The summed E-state index contributed by atoms with van der Waals surface area (Å²) in [5.74, 6) is 2.56. The van der Waals surface area contributed by atoms with Crippen LogP contribution in [0.2, 0.25) is 0 Å². The third-order valence-corrected chi connectivity index (χ3v) is 7.54. The predicted molar refractivity (Wildman–Crippen MR) is 163 cm³/mol. The first-order valence-electron chi connectivity index (χ1n) is 12.7. The van der Waals surface area contributed by atoms with Gasteiger partial charge >= 0.3 is 0 Å². The van der Waals surface area contributed by atoms with Gasteiger partial charge in [-0.2, -0.15) is 9.49 Å². The van der Waals surface area contributed by atoms with Gasteiger partial charge in [-0.05, 0) is 54.5 Å². The van der Waals surface area contributed by atoms with E-state index in [2.05, 4.69) is 32.1 Å². The predicted octanol–water partition coefficient (Wildman–Crippen LogP) is 7.30. The summed E-state index contributed by atoms with van der Waals surface area (Å²) in [4.78, 5) is 24.9. The molecule has 41 heavy (non-hydrogen) atoms. The summed E-state index contributed by atoms with van der Waals surface area (Å²) in [6, 6.07) is 18.5. The SMILES string of the molecule is C=C/C(=C\C(=C/C)c1ccc2[nH]nc(-c3nc4c(-c5ccc(F)s5)cncc4[nH]3)c2c1)NC(=C=O)c1ccccc1. The summed E-state index contributed by atoms with van der Waals surface area (Å²) >= 11 is 1.05. The fraction of sp³-hybridized carbons (Fsp3) is 0.0312. The van der Waals surface area contributed by atoms with Crippen LogP contribution in [0.4, 0.5) is 4.39 Å². The van der Waals surface area contributed by atoms with Gasteiger partial charge in [0.2, 0.25) is 0 Å². The number of rotatable bonds is 8. The number of thiophene rings is 1. The molecular weight excluding hydrogens is 535 g/mol. The molecule has 0 saturated carbocycles. The topological polar surface area (TPSA) is 99.3 Å². The van der Waals surface area contributed by atoms with Crippen molar-refractivity contribution in [1.29, 1.82) is 0 Å². The van der Waals surface area contributed by atoms with Crippen molar-refractivity contribution in [3.8, 4) is 22.0 Å². The number of H-pyrrole nitrogens is 2. The molecule has 200 valence electrons. The number of nitrogens with one attached hydrogen (secondary N) is 3. The normalized spacial score (nSPS) is 12.0. The maximum absolute atomic E-state index is 13.7. The Morgan fingerprint density at radius 3 is 2.66 bits per heavy atom. The van der Waals surface area contributed by atoms with Gasteiger partial charge in [0.1, 0.15) is 16.9 Å². The number of benzene rings is 2. The summed E-state index contributed by atoms with van der Waals surface area (Å²) in [7, 11) is 0. The Kier molecular flexibility index (Phi) is 6.95. The van der Waals surface area contributed by atoms with Crippen LogP contribution in [0.3, 0.4) is 0 Å². The zero-order valence-corrected chi connectivity index (χ0v) is 22.7. The Hall–Kier alpha value is -5.37. The molecule has 0 amide bonds. The molecule has 0 bridgehead atoms. The van der Waals surface area contributed by atoms with Crippen molar-refractivity contribution in [2.75, 3.05) is 0 Å². The first kappa shape index (κ1) is 25.9. The molecule has 0 aliphatic heterocycles. The van der Waals surface area contributed by atoms with Crippen LogP contribution >= 0.6 is 11.3 Å². The van der Waals surface area contributed by atoms with E-state index in [4.69, 9.17) is 4.98 Å². The number of hydrogen-bond acceptors (Lipinski definition) is 6. The number of nitrogens with zero attached hydrogens (tertiary/aromatic N) is 3. The Morgan fingerprint density at radius 2 is 1.93 bits per heavy atom. The van der Waals surface area contributed by atoms with Gasteiger partial charge in [-0.3, -0.25) is 10.1 Å². The average Bonchev–Trinajstić information content (AvgIpc) is 3.75. The highest BCUT2D eigenvalue weighted by atomic mass is 32.1. The minimum absolute atomic E-state index is 0.263. The lowest BCUT2D eigenvalue weighted by atomic mass is 10.0. The Bertz CT molecular complexity index is 2030. The summed E-state index contributed by atoms with van der Waals surface area (Å²) in [6.45, 7) is 5.86. The summed E-state index contributed by atoms with van der Waals surface area (Å²) in [5.41, 5.74) is 7.23. The van der Waals surface area contributed by atoms with Crippen molar-refractivity contribution in [3.63, 3.8) is 0 Å². The average molecular weight is 559 g/mol. The maximum atomic E-state index is 13.7. The van der Waals surface area contributed by atoms with Crippen molar-refractivity contribution in [3.05, 3.63) is 120 Å². The number of aromatic nitrogens is 5. The molecule has 0 aliphatic carbocycles. The van der Waals surface area contributed by atoms with Crippen LogP contribution in [0, 0.1) is 5.13 Å². The van der Waals surface area contributed by atoms with Gasteiger partial charge in [0.15, 0.2) is 16.9 Å². The van der Waals surface area contributed by atoms with E-state index in [1.54, 1.807) is 24.5 Å². The molecule has 0 atom stereocenters. The van der Waals surface area contributed by atoms with E-state index < -0.39 is 0 Å². The molecule has 7 nitrogen and oxygen atoms in total. The number of fused-ring (bicyclic) bond motifs is 2. The molecule has 4 heterocycles. The van der Waals surface area contributed by atoms with Crippen LogP contribution in [0.5, 0.6) is 0 Å². The zero-order valence-electron chi connectivity index (χ0n) is 21.9. The third-order valence-electron chi connectivity index (χ3n) is 6.63. The van der Waals surface area contributed by atoms with Gasteiger partial charge in [0.25, 0.3) is 0 Å². The highest BCUT2D eigenvalue weighted by molar-refractivity contribution is 7.14. The van der Waals surface area contributed by atoms with E-state index in [1.165, 1.54) is 6.07 Å². The molecule has 0 saturated heterocycles. The molecule has 0 radical (unpaired) electrons. The van der Waals surface area contributed by atoms with Gasteiger partial charge in [-0.1, -0.05) is 49.1 Å². The molecule has 9 heteroatoms. The standard InChI is InChI=1S/C32H23FN6OS/c1-3-19(14-22(4-2)35-27(18-40)20-8-6-5-7-9-20)21-10-11-25-23(15-21)31(39-38-25)32-36-26-17-34-16-24(30(26)37-32)28-12-13-29(33)41-28/h3-17,35H,2H2,1H3,(H,36,37)(H,38,39)/b19-3+,22-14+. The fourth-order valence-corrected chi connectivity index (χ4v) is 5.35. The number of allylic oxidation sites excluding steroid dienone is 4. The quantitative estimate of drug-likeness (QED) is 0.134. The van der Waals surface area contributed by atoms with Crippen molar-refractivity contribution in [2.24, 2.45) is 0 Å². The second kappa shape index (κ2) is 11.0. The monoisotopic (exact) mass is 558 g/mol. The number of hydrogen-bond donors (Lipinski definition) is 3. The molecule has 0 aliphatic rings. The lowest BCUT2D eigenvalue weighted by Gasteiger charge is -2.10. The Balaban J connectivity index is 1.37. The number of halogens is 1. The number of carbonyl (C=O) groups excluding carboxylic acids is 1. The Morgan fingerprint density at radius 1 is 1.07 bits per heavy atom. The zero-order chi connectivity index (χ0) is 28.3. The lowest BCUT2D eigenvalue weighted by Crippen LogP contribution is -2.11. The first-order valence-corrected chi connectivity index (χ1v) is 13.6. The molecule has 4 aromatic heterocycles. The summed E-state index contributed by atoms with van der Waals surface area (Å²) in [6.07, 6.45) is 8.96. The number of pyridine rings is 1. The number of imidazole rings is 1. The van der Waals surface area contributed by atoms with E-state index in [1.807, 2.05) is 73.5 Å². The van der Waals surface area contributed by atoms with Crippen molar-refractivity contribution < 1.29 is 9.18 Å². The van der Waals surface area contributed by atoms with Crippen LogP contribution in [0.15, 0.2) is 104 Å². The molecular formula is C32H23FN6OS. The van der Waals surface area contributed by atoms with E-state index in [0.29, 0.717) is 28.4 Å². The lowest BCUT2D eigenvalue weighted by molar-refractivity contribution is 0.569. The highest BCUT2D eigenvalue weighted by Gasteiger charge is 2.17. The van der Waals surface area contributed by atoms with E-state index >= 15 is 0 Å². The smallest absolute Gasteiger partial charge is 0.176 e. The van der Waals surface area contributed by atoms with Crippen molar-refractivity contribution in [1.82, 2.24) is 30.5 Å². The molecule has 6 aromatic rings.